The topological polar surface area (TPSA) is 40.6 Å². The van der Waals surface area contributed by atoms with Crippen molar-refractivity contribution in [2.24, 2.45) is 5.92 Å². The normalized spacial score (nSPS) is 20.6. The molecule has 4 nitrogen and oxygen atoms in total. The van der Waals surface area contributed by atoms with Gasteiger partial charge in [0.25, 0.3) is 0 Å². The predicted molar refractivity (Wildman–Crippen MR) is 141 cm³/mol. The molecule has 0 aromatic heterocycles. The van der Waals surface area contributed by atoms with E-state index in [2.05, 4.69) is 15.9 Å². The summed E-state index contributed by atoms with van der Waals surface area (Å²) in [6, 6.07) is 12.9. The summed E-state index contributed by atoms with van der Waals surface area (Å²) in [5.41, 5.74) is 1.97. The molecular weight excluding hydrogens is 526 g/mol. The first-order chi connectivity index (χ1) is 17.4. The minimum Gasteiger partial charge on any atom is -0.339 e. The number of alkyl halides is 1. The van der Waals surface area contributed by atoms with Crippen molar-refractivity contribution in [3.05, 3.63) is 71.3 Å². The van der Waals surface area contributed by atoms with Gasteiger partial charge in [-0.05, 0) is 73.9 Å². The van der Waals surface area contributed by atoms with Crippen LogP contribution in [0.5, 0.6) is 0 Å². The van der Waals surface area contributed by atoms with Crippen molar-refractivity contribution >= 4 is 27.7 Å². The van der Waals surface area contributed by atoms with Gasteiger partial charge in [-0.15, -0.1) is 0 Å². The number of benzene rings is 2. The molecule has 7 heteroatoms. The molecule has 36 heavy (non-hydrogen) atoms. The fourth-order valence-corrected chi connectivity index (χ4v) is 5.96. The van der Waals surface area contributed by atoms with Crippen LogP contribution in [0.15, 0.2) is 48.5 Å². The molecule has 1 aliphatic carbocycles. The summed E-state index contributed by atoms with van der Waals surface area (Å²) in [5, 5.41) is 0. The Kier molecular flexibility index (Phi) is 9.52. The Balaban J connectivity index is 1.23. The number of hydrogen-bond donors (Lipinski definition) is 0. The molecule has 1 aliphatic heterocycles. The summed E-state index contributed by atoms with van der Waals surface area (Å²) in [4.78, 5) is 30.0. The molecule has 2 aromatic carbocycles. The smallest absolute Gasteiger partial charge is 0.225 e. The van der Waals surface area contributed by atoms with E-state index in [0.717, 1.165) is 56.1 Å². The maximum atomic E-state index is 13.4. The van der Waals surface area contributed by atoms with Gasteiger partial charge in [0.15, 0.2) is 0 Å². The fourth-order valence-electron chi connectivity index (χ4n) is 5.43. The summed E-state index contributed by atoms with van der Waals surface area (Å²) in [6.45, 7) is 2.45. The van der Waals surface area contributed by atoms with Crippen LogP contribution in [0, 0.1) is 17.6 Å². The Morgan fingerprint density at radius 1 is 0.778 bits per heavy atom. The van der Waals surface area contributed by atoms with Gasteiger partial charge < -0.3 is 9.80 Å². The number of amides is 2. The van der Waals surface area contributed by atoms with Crippen LogP contribution in [0.1, 0.15) is 68.4 Å². The molecule has 0 bridgehead atoms. The molecule has 2 amide bonds. The number of piperazine rings is 1. The van der Waals surface area contributed by atoms with Gasteiger partial charge in [-0.3, -0.25) is 9.59 Å². The molecular formula is C29H35BrF2N2O2. The van der Waals surface area contributed by atoms with E-state index in [-0.39, 0.29) is 35.3 Å². The van der Waals surface area contributed by atoms with Crippen molar-refractivity contribution in [2.75, 3.05) is 26.2 Å². The van der Waals surface area contributed by atoms with Gasteiger partial charge >= 0.3 is 0 Å². The monoisotopic (exact) mass is 560 g/mol. The Hall–Kier alpha value is -2.28. The summed E-state index contributed by atoms with van der Waals surface area (Å²) in [6.07, 6.45) is 6.87. The molecule has 0 radical (unpaired) electrons. The summed E-state index contributed by atoms with van der Waals surface area (Å²) in [7, 11) is 0. The lowest BCUT2D eigenvalue weighted by Crippen LogP contribution is -2.52. The van der Waals surface area contributed by atoms with Crippen LogP contribution in [0.4, 0.5) is 8.78 Å². The summed E-state index contributed by atoms with van der Waals surface area (Å²) < 4.78 is 26.9. The van der Waals surface area contributed by atoms with Gasteiger partial charge in [-0.2, -0.15) is 0 Å². The van der Waals surface area contributed by atoms with Crippen molar-refractivity contribution in [3.63, 3.8) is 0 Å². The molecule has 1 heterocycles. The minimum atomic E-state index is -0.282. The minimum absolute atomic E-state index is 0.0236. The molecule has 194 valence electrons. The lowest BCUT2D eigenvalue weighted by molar-refractivity contribution is -0.142. The molecule has 4 rings (SSSR count). The third-order valence-corrected chi connectivity index (χ3v) is 8.54. The van der Waals surface area contributed by atoms with Gasteiger partial charge in [-0.25, -0.2) is 8.78 Å². The molecule has 0 N–H and O–H groups in total. The lowest BCUT2D eigenvalue weighted by Gasteiger charge is -2.37. The molecule has 0 unspecified atom stereocenters. The van der Waals surface area contributed by atoms with Crippen LogP contribution >= 0.6 is 15.9 Å². The highest BCUT2D eigenvalue weighted by Crippen LogP contribution is 2.31. The van der Waals surface area contributed by atoms with Crippen molar-refractivity contribution in [1.82, 2.24) is 9.80 Å². The van der Waals surface area contributed by atoms with E-state index in [1.807, 2.05) is 9.80 Å². The number of nitrogens with zero attached hydrogens (tertiary/aromatic N) is 2. The van der Waals surface area contributed by atoms with E-state index >= 15 is 0 Å². The van der Waals surface area contributed by atoms with Gasteiger partial charge in [-0.1, -0.05) is 46.6 Å². The van der Waals surface area contributed by atoms with E-state index in [9.17, 15) is 18.4 Å². The lowest BCUT2D eigenvalue weighted by atomic mass is 9.87. The summed E-state index contributed by atoms with van der Waals surface area (Å²) >= 11 is 3.65. The number of carbonyl (C=O) groups is 2. The van der Waals surface area contributed by atoms with Crippen molar-refractivity contribution < 1.29 is 18.4 Å². The van der Waals surface area contributed by atoms with E-state index in [4.69, 9.17) is 0 Å². The Labute approximate surface area is 221 Å². The highest BCUT2D eigenvalue weighted by atomic mass is 79.9. The van der Waals surface area contributed by atoms with E-state index in [1.54, 1.807) is 24.3 Å². The molecule has 0 spiro atoms. The van der Waals surface area contributed by atoms with Crippen LogP contribution in [0.25, 0.3) is 0 Å². The predicted octanol–water partition coefficient (Wildman–Crippen LogP) is 6.28. The second-order valence-electron chi connectivity index (χ2n) is 10.1. The zero-order valence-corrected chi connectivity index (χ0v) is 22.3. The quantitative estimate of drug-likeness (QED) is 0.281. The molecule has 2 aromatic rings. The second kappa shape index (κ2) is 12.8. The third kappa shape index (κ3) is 7.15. The highest BCUT2D eigenvalue weighted by Gasteiger charge is 2.31. The SMILES string of the molecule is O=C(CCCCC(c1ccc(F)cc1)c1ccc(F)cc1)N1CCN(C(=O)C2CCC(Br)CC2)CC1. The maximum Gasteiger partial charge on any atom is 0.225 e. The van der Waals surface area contributed by atoms with Gasteiger partial charge in [0, 0.05) is 49.3 Å². The summed E-state index contributed by atoms with van der Waals surface area (Å²) in [5.74, 6) is -0.00607. The van der Waals surface area contributed by atoms with Gasteiger partial charge in [0.2, 0.25) is 11.8 Å². The van der Waals surface area contributed by atoms with Crippen molar-refractivity contribution in [1.29, 1.82) is 0 Å². The molecule has 1 saturated heterocycles. The second-order valence-corrected chi connectivity index (χ2v) is 11.4. The Morgan fingerprint density at radius 2 is 1.28 bits per heavy atom. The number of hydrogen-bond acceptors (Lipinski definition) is 2. The third-order valence-electron chi connectivity index (χ3n) is 7.63. The zero-order valence-electron chi connectivity index (χ0n) is 20.7. The molecule has 0 atom stereocenters. The average Bonchev–Trinajstić information content (AvgIpc) is 2.90. The first-order valence-electron chi connectivity index (χ1n) is 13.1. The molecule has 1 saturated carbocycles. The number of carbonyl (C=O) groups excluding carboxylic acids is 2. The van der Waals surface area contributed by atoms with E-state index < -0.39 is 0 Å². The molecule has 2 fully saturated rings. The van der Waals surface area contributed by atoms with E-state index in [1.165, 1.54) is 24.3 Å². The van der Waals surface area contributed by atoms with E-state index in [0.29, 0.717) is 37.4 Å². The van der Waals surface area contributed by atoms with Crippen LogP contribution in [-0.4, -0.2) is 52.6 Å². The van der Waals surface area contributed by atoms with Gasteiger partial charge in [0.05, 0.1) is 0 Å². The standard InChI is InChI=1S/C29H35BrF2N2O2/c30-24-11-5-23(6-12-24)29(36)34-19-17-33(18-20-34)28(35)4-2-1-3-27(21-7-13-25(31)14-8-21)22-9-15-26(32)16-10-22/h7-10,13-16,23-24,27H,1-6,11-12,17-20H2. The largest absolute Gasteiger partial charge is 0.339 e. The van der Waals surface area contributed by atoms with Gasteiger partial charge in [0.1, 0.15) is 11.6 Å². The van der Waals surface area contributed by atoms with Crippen molar-refractivity contribution in [2.45, 2.75) is 62.1 Å². The van der Waals surface area contributed by atoms with Crippen LogP contribution in [0.2, 0.25) is 0 Å². The first kappa shape index (κ1) is 26.8. The zero-order chi connectivity index (χ0) is 25.5. The van der Waals surface area contributed by atoms with Crippen LogP contribution < -0.4 is 0 Å². The fraction of sp³-hybridized carbons (Fsp3) is 0.517. The first-order valence-corrected chi connectivity index (χ1v) is 14.0. The number of rotatable bonds is 8. The number of halogens is 3. The van der Waals surface area contributed by atoms with Crippen molar-refractivity contribution in [3.8, 4) is 0 Å². The average molecular weight is 562 g/mol. The molecule has 2 aliphatic rings. The number of unbranched alkanes of at least 4 members (excludes halogenated alkanes) is 1. The maximum absolute atomic E-state index is 13.4. The Bertz CT molecular complexity index is 953. The van der Waals surface area contributed by atoms with Crippen LogP contribution in [0.3, 0.4) is 0 Å². The highest BCUT2D eigenvalue weighted by molar-refractivity contribution is 9.09. The van der Waals surface area contributed by atoms with Crippen LogP contribution in [-0.2, 0) is 9.59 Å². The Morgan fingerprint density at radius 3 is 1.81 bits per heavy atom.